The Labute approximate surface area is 196 Å². The van der Waals surface area contributed by atoms with Gasteiger partial charge in [-0.05, 0) is 31.5 Å². The Hall–Kier alpha value is -2.72. The number of anilines is 1. The molecular formula is C24H29F3N4O3. The molecule has 2 fully saturated rings. The van der Waals surface area contributed by atoms with Crippen molar-refractivity contribution in [2.24, 2.45) is 0 Å². The molecule has 10 heteroatoms. The fourth-order valence-corrected chi connectivity index (χ4v) is 4.44. The van der Waals surface area contributed by atoms with Crippen LogP contribution in [0.4, 0.5) is 19.0 Å². The van der Waals surface area contributed by atoms with Gasteiger partial charge < -0.3 is 18.9 Å². The van der Waals surface area contributed by atoms with E-state index in [-0.39, 0.29) is 16.8 Å². The van der Waals surface area contributed by atoms with E-state index in [9.17, 15) is 13.2 Å². The molecule has 0 aliphatic carbocycles. The predicted octanol–water partition coefficient (Wildman–Crippen LogP) is 5.52. The zero-order valence-corrected chi connectivity index (χ0v) is 20.0. The molecule has 0 atom stereocenters. The molecular weight excluding hydrogens is 449 g/mol. The van der Waals surface area contributed by atoms with Gasteiger partial charge in [-0.25, -0.2) is 18.2 Å². The van der Waals surface area contributed by atoms with E-state index in [1.165, 1.54) is 6.07 Å². The summed E-state index contributed by atoms with van der Waals surface area (Å²) in [6, 6.07) is 2.13. The van der Waals surface area contributed by atoms with Crippen LogP contribution in [-0.4, -0.2) is 47.2 Å². The maximum Gasteiger partial charge on any atom is 0.270 e. The Morgan fingerprint density at radius 2 is 1.68 bits per heavy atom. The number of alkyl halides is 2. The summed E-state index contributed by atoms with van der Waals surface area (Å²) in [4.78, 5) is 10.9. The number of nitrogens with zero attached hydrogens (tertiary/aromatic N) is 4. The number of pyridine rings is 1. The van der Waals surface area contributed by atoms with Gasteiger partial charge in [-0.1, -0.05) is 19.0 Å². The number of aromatic nitrogens is 3. The van der Waals surface area contributed by atoms with Gasteiger partial charge in [0.1, 0.15) is 17.2 Å². The number of hydrogen-bond acceptors (Lipinski definition) is 7. The van der Waals surface area contributed by atoms with Gasteiger partial charge in [0.05, 0.1) is 18.8 Å². The molecule has 1 spiro atoms. The van der Waals surface area contributed by atoms with E-state index in [0.717, 1.165) is 13.0 Å². The molecule has 2 aliphatic heterocycles. The van der Waals surface area contributed by atoms with Gasteiger partial charge in [0.15, 0.2) is 11.6 Å². The average Bonchev–Trinajstić information content (AvgIpc) is 3.44. The second kappa shape index (κ2) is 9.14. The molecule has 7 nitrogen and oxygen atoms in total. The molecule has 0 bridgehead atoms. The molecule has 0 radical (unpaired) electrons. The largest absolute Gasteiger partial charge is 0.356 e. The van der Waals surface area contributed by atoms with E-state index in [0.29, 0.717) is 61.9 Å². The SMILES string of the molecule is CC.Cc1noc(-c2c(N3CCC4(CC3)OCCO4)nc3c(F)cc(C(C)(F)F)cc3c2C)n1. The summed E-state index contributed by atoms with van der Waals surface area (Å²) >= 11 is 0. The number of fused-ring (bicyclic) bond motifs is 1. The molecule has 2 aliphatic rings. The molecule has 2 aromatic heterocycles. The number of ether oxygens (including phenoxy) is 2. The summed E-state index contributed by atoms with van der Waals surface area (Å²) in [5.74, 6) is -3.46. The van der Waals surface area contributed by atoms with Crippen molar-refractivity contribution in [1.29, 1.82) is 0 Å². The van der Waals surface area contributed by atoms with Crippen molar-refractivity contribution < 1.29 is 27.2 Å². The molecule has 5 rings (SSSR count). The van der Waals surface area contributed by atoms with E-state index < -0.39 is 23.1 Å². The first-order chi connectivity index (χ1) is 16.2. The lowest BCUT2D eigenvalue weighted by Gasteiger charge is -2.38. The smallest absolute Gasteiger partial charge is 0.270 e. The average molecular weight is 479 g/mol. The van der Waals surface area contributed by atoms with Crippen LogP contribution < -0.4 is 4.90 Å². The van der Waals surface area contributed by atoms with E-state index >= 15 is 0 Å². The van der Waals surface area contributed by atoms with Gasteiger partial charge >= 0.3 is 0 Å². The number of aryl methyl sites for hydroxylation is 2. The third-order valence-corrected chi connectivity index (χ3v) is 6.17. The molecule has 34 heavy (non-hydrogen) atoms. The van der Waals surface area contributed by atoms with Crippen molar-refractivity contribution in [1.82, 2.24) is 15.1 Å². The number of hydrogen-bond donors (Lipinski definition) is 0. The van der Waals surface area contributed by atoms with Gasteiger partial charge in [0, 0.05) is 43.8 Å². The number of piperidine rings is 1. The van der Waals surface area contributed by atoms with Crippen LogP contribution >= 0.6 is 0 Å². The minimum Gasteiger partial charge on any atom is -0.356 e. The highest BCUT2D eigenvalue weighted by atomic mass is 19.3. The Bertz CT molecular complexity index is 1180. The van der Waals surface area contributed by atoms with Crippen LogP contribution in [0.3, 0.4) is 0 Å². The third kappa shape index (κ3) is 4.36. The molecule has 4 heterocycles. The zero-order chi connectivity index (χ0) is 24.7. The third-order valence-electron chi connectivity index (χ3n) is 6.17. The summed E-state index contributed by atoms with van der Waals surface area (Å²) in [7, 11) is 0. The molecule has 184 valence electrons. The highest BCUT2D eigenvalue weighted by Gasteiger charge is 2.41. The van der Waals surface area contributed by atoms with Crippen LogP contribution in [0.5, 0.6) is 0 Å². The lowest BCUT2D eigenvalue weighted by atomic mass is 9.97. The molecule has 3 aromatic rings. The maximum absolute atomic E-state index is 15.0. The van der Waals surface area contributed by atoms with E-state index in [1.807, 2.05) is 18.7 Å². The van der Waals surface area contributed by atoms with Gasteiger partial charge in [-0.2, -0.15) is 4.98 Å². The first-order valence-electron chi connectivity index (χ1n) is 11.5. The van der Waals surface area contributed by atoms with Crippen LogP contribution in [0.1, 0.15) is 50.6 Å². The van der Waals surface area contributed by atoms with Crippen molar-refractivity contribution in [3.63, 3.8) is 0 Å². The Kier molecular flexibility index (Phi) is 6.56. The highest BCUT2D eigenvalue weighted by molar-refractivity contribution is 5.93. The van der Waals surface area contributed by atoms with Gasteiger partial charge in [-0.15, -0.1) is 0 Å². The molecule has 0 amide bonds. The first-order valence-corrected chi connectivity index (χ1v) is 11.5. The van der Waals surface area contributed by atoms with Crippen LogP contribution in [0.15, 0.2) is 16.7 Å². The normalized spacial score (nSPS) is 17.8. The summed E-state index contributed by atoms with van der Waals surface area (Å²) < 4.78 is 59.9. The fourth-order valence-electron chi connectivity index (χ4n) is 4.44. The molecule has 0 saturated carbocycles. The number of benzene rings is 1. The minimum absolute atomic E-state index is 0.0270. The van der Waals surface area contributed by atoms with Crippen molar-refractivity contribution in [3.8, 4) is 11.5 Å². The standard InChI is InChI=1S/C22H23F3N4O3.C2H6/c1-12-15-10-14(21(3,24)25)11-16(23)18(15)27-19(17(12)20-26-13(2)28-32-20)29-6-4-22(5-7-29)30-8-9-31-22;1-2/h10-11H,4-9H2,1-3H3;1-2H3. The topological polar surface area (TPSA) is 73.5 Å². The fraction of sp³-hybridized carbons (Fsp3) is 0.542. The van der Waals surface area contributed by atoms with Gasteiger partial charge in [0.25, 0.3) is 11.8 Å². The number of rotatable bonds is 3. The van der Waals surface area contributed by atoms with Crippen LogP contribution in [0, 0.1) is 19.7 Å². The lowest BCUT2D eigenvalue weighted by molar-refractivity contribution is -0.169. The molecule has 1 aromatic carbocycles. The maximum atomic E-state index is 15.0. The van der Waals surface area contributed by atoms with Crippen LogP contribution in [0.25, 0.3) is 22.4 Å². The van der Waals surface area contributed by atoms with Crippen LogP contribution in [-0.2, 0) is 15.4 Å². The highest BCUT2D eigenvalue weighted by Crippen LogP contribution is 2.41. The second-order valence-corrected chi connectivity index (χ2v) is 8.42. The van der Waals surface area contributed by atoms with E-state index in [2.05, 4.69) is 15.1 Å². The van der Waals surface area contributed by atoms with Crippen molar-refractivity contribution in [2.75, 3.05) is 31.2 Å². The molecule has 0 unspecified atom stereocenters. The summed E-state index contributed by atoms with van der Waals surface area (Å²) in [5.41, 5.74) is 0.674. The van der Waals surface area contributed by atoms with Gasteiger partial charge in [0.2, 0.25) is 0 Å². The minimum atomic E-state index is -3.19. The summed E-state index contributed by atoms with van der Waals surface area (Å²) in [5, 5.41) is 4.15. The van der Waals surface area contributed by atoms with E-state index in [4.69, 9.17) is 14.0 Å². The van der Waals surface area contributed by atoms with E-state index in [1.54, 1.807) is 13.8 Å². The monoisotopic (exact) mass is 478 g/mol. The Morgan fingerprint density at radius 1 is 1.03 bits per heavy atom. The summed E-state index contributed by atoms with van der Waals surface area (Å²) in [6.45, 7) is 10.4. The molecule has 2 saturated heterocycles. The predicted molar refractivity (Wildman–Crippen MR) is 121 cm³/mol. The van der Waals surface area contributed by atoms with Crippen molar-refractivity contribution >= 4 is 16.7 Å². The van der Waals surface area contributed by atoms with Gasteiger partial charge in [-0.3, -0.25) is 0 Å². The quantitative estimate of drug-likeness (QED) is 0.491. The van der Waals surface area contributed by atoms with Crippen molar-refractivity contribution in [2.45, 2.75) is 59.2 Å². The zero-order valence-electron chi connectivity index (χ0n) is 20.0. The Morgan fingerprint density at radius 3 is 2.24 bits per heavy atom. The van der Waals surface area contributed by atoms with Crippen LogP contribution in [0.2, 0.25) is 0 Å². The number of halogens is 3. The Balaban J connectivity index is 0.00000133. The molecule has 0 N–H and O–H groups in total. The first kappa shape index (κ1) is 24.4. The lowest BCUT2D eigenvalue weighted by Crippen LogP contribution is -2.45. The van der Waals surface area contributed by atoms with Crippen molar-refractivity contribution in [3.05, 3.63) is 34.9 Å². The second-order valence-electron chi connectivity index (χ2n) is 8.42. The summed E-state index contributed by atoms with van der Waals surface area (Å²) in [6.07, 6.45) is 1.25.